The average molecular weight is 393 g/mol. The lowest BCUT2D eigenvalue weighted by Gasteiger charge is -2.14. The molecule has 0 saturated heterocycles. The van der Waals surface area contributed by atoms with Gasteiger partial charge in [-0.05, 0) is 50.9 Å². The second-order valence-electron chi connectivity index (χ2n) is 7.32. The highest BCUT2D eigenvalue weighted by Gasteiger charge is 2.10. The van der Waals surface area contributed by atoms with Crippen LogP contribution < -0.4 is 0 Å². The van der Waals surface area contributed by atoms with Gasteiger partial charge in [-0.3, -0.25) is 0 Å². The minimum atomic E-state index is -0.508. The Balaban J connectivity index is 3.55. The van der Waals surface area contributed by atoms with Crippen molar-refractivity contribution in [1.82, 2.24) is 0 Å². The van der Waals surface area contributed by atoms with E-state index in [2.05, 4.69) is 57.2 Å². The van der Waals surface area contributed by atoms with Crippen LogP contribution in [0.25, 0.3) is 0 Å². The maximum Gasteiger partial charge on any atom is 0.508 e. The largest absolute Gasteiger partial charge is 0.508 e. The zero-order valence-electron chi connectivity index (χ0n) is 18.7. The molecule has 0 aromatic carbocycles. The molecule has 0 heterocycles. The smallest absolute Gasteiger partial charge is 0.434 e. The Morgan fingerprint density at radius 2 is 1.46 bits per heavy atom. The van der Waals surface area contributed by atoms with Gasteiger partial charge in [0.05, 0.1) is 13.2 Å². The quantitative estimate of drug-likeness (QED) is 0.134. The summed E-state index contributed by atoms with van der Waals surface area (Å²) in [5.74, 6) is 0.456. The van der Waals surface area contributed by atoms with E-state index in [9.17, 15) is 4.79 Å². The number of rotatable bonds is 18. The fourth-order valence-electron chi connectivity index (χ4n) is 2.81. The van der Waals surface area contributed by atoms with Crippen LogP contribution in [0.1, 0.15) is 97.8 Å². The third-order valence-corrected chi connectivity index (χ3v) is 4.75. The summed E-state index contributed by atoms with van der Waals surface area (Å²) in [6, 6.07) is 0. The van der Waals surface area contributed by atoms with E-state index in [4.69, 9.17) is 9.47 Å². The second kappa shape index (κ2) is 21.8. The molecule has 0 amide bonds. The summed E-state index contributed by atoms with van der Waals surface area (Å²) in [7, 11) is 0. The van der Waals surface area contributed by atoms with Crippen molar-refractivity contribution in [3.05, 3.63) is 36.5 Å². The number of carbonyl (C=O) groups is 1. The molecule has 0 radical (unpaired) electrons. The topological polar surface area (TPSA) is 35.5 Å². The van der Waals surface area contributed by atoms with E-state index in [0.717, 1.165) is 44.9 Å². The van der Waals surface area contributed by atoms with E-state index in [0.29, 0.717) is 19.1 Å². The molecule has 162 valence electrons. The number of hydrogen-bond acceptors (Lipinski definition) is 3. The van der Waals surface area contributed by atoms with Gasteiger partial charge in [-0.15, -0.1) is 0 Å². The van der Waals surface area contributed by atoms with E-state index in [-0.39, 0.29) is 0 Å². The van der Waals surface area contributed by atoms with Gasteiger partial charge in [0.2, 0.25) is 0 Å². The summed E-state index contributed by atoms with van der Waals surface area (Å²) in [4.78, 5) is 11.5. The van der Waals surface area contributed by atoms with Crippen LogP contribution in [0.5, 0.6) is 0 Å². The first kappa shape index (κ1) is 26.5. The molecule has 1 atom stereocenters. The maximum atomic E-state index is 11.5. The Labute approximate surface area is 174 Å². The van der Waals surface area contributed by atoms with Gasteiger partial charge in [0.15, 0.2) is 0 Å². The molecule has 0 aliphatic rings. The number of ether oxygens (including phenoxy) is 2. The first-order chi connectivity index (χ1) is 13.7. The predicted octanol–water partition coefficient (Wildman–Crippen LogP) is 8.17. The molecule has 0 rings (SSSR count). The van der Waals surface area contributed by atoms with Crippen LogP contribution in [0.15, 0.2) is 36.5 Å². The molecule has 0 aromatic heterocycles. The molecule has 0 aliphatic heterocycles. The molecule has 1 unspecified atom stereocenters. The molecule has 0 spiro atoms. The van der Waals surface area contributed by atoms with Gasteiger partial charge in [0.1, 0.15) is 0 Å². The van der Waals surface area contributed by atoms with Gasteiger partial charge < -0.3 is 9.47 Å². The molecule has 0 N–H and O–H groups in total. The lowest BCUT2D eigenvalue weighted by Crippen LogP contribution is -2.15. The predicted molar refractivity (Wildman–Crippen MR) is 121 cm³/mol. The van der Waals surface area contributed by atoms with Crippen LogP contribution in [0.2, 0.25) is 0 Å². The SMILES string of the molecule is CC/C=C\C/C=C\C/C=C\CCCCCCC(CC)COC(=O)OCCCC. The highest BCUT2D eigenvalue weighted by Crippen LogP contribution is 2.15. The standard InChI is InChI=1S/C25H44O3/c1-4-7-9-10-11-12-13-14-15-16-17-18-19-20-21-24(6-3)23-28-25(26)27-22-8-5-2/h7,9,11-12,14-15,24H,4-6,8,10,13,16-23H2,1-3H3/b9-7-,12-11-,15-14-. The first-order valence-corrected chi connectivity index (χ1v) is 11.5. The molecule has 3 heteroatoms. The van der Waals surface area contributed by atoms with Crippen LogP contribution in [-0.4, -0.2) is 19.4 Å². The van der Waals surface area contributed by atoms with Crippen molar-refractivity contribution in [2.45, 2.75) is 97.8 Å². The Morgan fingerprint density at radius 3 is 2.14 bits per heavy atom. The molecule has 0 fully saturated rings. The van der Waals surface area contributed by atoms with Gasteiger partial charge in [-0.1, -0.05) is 89.3 Å². The van der Waals surface area contributed by atoms with Crippen molar-refractivity contribution < 1.29 is 14.3 Å². The third-order valence-electron chi connectivity index (χ3n) is 4.75. The zero-order valence-corrected chi connectivity index (χ0v) is 18.7. The number of allylic oxidation sites excluding steroid dienone is 6. The number of hydrogen-bond donors (Lipinski definition) is 0. The minimum absolute atomic E-state index is 0.456. The monoisotopic (exact) mass is 392 g/mol. The average Bonchev–Trinajstić information content (AvgIpc) is 2.70. The summed E-state index contributed by atoms with van der Waals surface area (Å²) in [6.07, 6.45) is 26.4. The van der Waals surface area contributed by atoms with Crippen LogP contribution in [0.3, 0.4) is 0 Å². The van der Waals surface area contributed by atoms with Crippen LogP contribution in [0.4, 0.5) is 4.79 Å². The molecular weight excluding hydrogens is 348 g/mol. The molecule has 0 aromatic rings. The summed E-state index contributed by atoms with van der Waals surface area (Å²) >= 11 is 0. The first-order valence-electron chi connectivity index (χ1n) is 11.5. The van der Waals surface area contributed by atoms with Crippen molar-refractivity contribution in [1.29, 1.82) is 0 Å². The zero-order chi connectivity index (χ0) is 20.7. The molecule has 0 saturated carbocycles. The third kappa shape index (κ3) is 19.3. The van der Waals surface area contributed by atoms with Crippen molar-refractivity contribution in [3.8, 4) is 0 Å². The van der Waals surface area contributed by atoms with Gasteiger partial charge >= 0.3 is 6.16 Å². The summed E-state index contributed by atoms with van der Waals surface area (Å²) in [5, 5.41) is 0. The Hall–Kier alpha value is -1.51. The van der Waals surface area contributed by atoms with Gasteiger partial charge in [-0.25, -0.2) is 4.79 Å². The summed E-state index contributed by atoms with van der Waals surface area (Å²) < 4.78 is 10.3. The van der Waals surface area contributed by atoms with Crippen LogP contribution in [0, 0.1) is 5.92 Å². The van der Waals surface area contributed by atoms with E-state index < -0.39 is 6.16 Å². The summed E-state index contributed by atoms with van der Waals surface area (Å²) in [6.45, 7) is 7.35. The van der Waals surface area contributed by atoms with E-state index in [1.54, 1.807) is 0 Å². The maximum absolute atomic E-state index is 11.5. The van der Waals surface area contributed by atoms with Gasteiger partial charge in [-0.2, -0.15) is 0 Å². The molecule has 3 nitrogen and oxygen atoms in total. The van der Waals surface area contributed by atoms with Crippen LogP contribution >= 0.6 is 0 Å². The van der Waals surface area contributed by atoms with Crippen LogP contribution in [-0.2, 0) is 9.47 Å². The van der Waals surface area contributed by atoms with E-state index >= 15 is 0 Å². The highest BCUT2D eigenvalue weighted by atomic mass is 16.7. The molecular formula is C25H44O3. The van der Waals surface area contributed by atoms with Crippen molar-refractivity contribution in [3.63, 3.8) is 0 Å². The number of unbranched alkanes of at least 4 members (excludes halogenated alkanes) is 5. The van der Waals surface area contributed by atoms with E-state index in [1.807, 2.05) is 0 Å². The van der Waals surface area contributed by atoms with Gasteiger partial charge in [0, 0.05) is 0 Å². The number of carbonyl (C=O) groups excluding carboxylic acids is 1. The Morgan fingerprint density at radius 1 is 0.786 bits per heavy atom. The molecule has 28 heavy (non-hydrogen) atoms. The van der Waals surface area contributed by atoms with Crippen molar-refractivity contribution >= 4 is 6.16 Å². The lowest BCUT2D eigenvalue weighted by atomic mass is 9.99. The normalized spacial score (nSPS) is 13.0. The lowest BCUT2D eigenvalue weighted by molar-refractivity contribution is 0.0418. The Kier molecular flexibility index (Phi) is 20.6. The molecule has 0 bridgehead atoms. The van der Waals surface area contributed by atoms with E-state index in [1.165, 1.54) is 32.1 Å². The Bertz CT molecular complexity index is 424. The van der Waals surface area contributed by atoms with Crippen molar-refractivity contribution in [2.24, 2.45) is 5.92 Å². The summed E-state index contributed by atoms with van der Waals surface area (Å²) in [5.41, 5.74) is 0. The minimum Gasteiger partial charge on any atom is -0.434 e. The second-order valence-corrected chi connectivity index (χ2v) is 7.32. The molecule has 0 aliphatic carbocycles. The fraction of sp³-hybridized carbons (Fsp3) is 0.720. The van der Waals surface area contributed by atoms with Crippen molar-refractivity contribution in [2.75, 3.05) is 13.2 Å². The van der Waals surface area contributed by atoms with Gasteiger partial charge in [0.25, 0.3) is 0 Å². The highest BCUT2D eigenvalue weighted by molar-refractivity contribution is 5.59. The fourth-order valence-corrected chi connectivity index (χ4v) is 2.81.